The Bertz CT molecular complexity index is 1200. The van der Waals surface area contributed by atoms with Crippen molar-refractivity contribution in [2.24, 2.45) is 0 Å². The van der Waals surface area contributed by atoms with Crippen LogP contribution in [0.1, 0.15) is 48.7 Å². The molecule has 1 aliphatic carbocycles. The van der Waals surface area contributed by atoms with Gasteiger partial charge in [0.2, 0.25) is 0 Å². The van der Waals surface area contributed by atoms with Crippen molar-refractivity contribution in [1.29, 1.82) is 0 Å². The summed E-state index contributed by atoms with van der Waals surface area (Å²) >= 11 is 0. The first-order chi connectivity index (χ1) is 16.8. The Morgan fingerprint density at radius 2 is 1.89 bits per heavy atom. The number of hydrogen-bond acceptors (Lipinski definition) is 10. The minimum atomic E-state index is -0.848. The van der Waals surface area contributed by atoms with Crippen LogP contribution in [0.2, 0.25) is 0 Å². The first-order valence-corrected chi connectivity index (χ1v) is 11.0. The van der Waals surface area contributed by atoms with Crippen LogP contribution >= 0.6 is 0 Å². The summed E-state index contributed by atoms with van der Waals surface area (Å²) in [6.07, 6.45) is 10.2. The van der Waals surface area contributed by atoms with E-state index in [1.54, 1.807) is 25.7 Å². The third kappa shape index (κ3) is 6.44. The molecule has 4 rings (SSSR count). The fourth-order valence-electron chi connectivity index (χ4n) is 2.99. The van der Waals surface area contributed by atoms with Crippen molar-refractivity contribution in [3.05, 3.63) is 54.6 Å². The Kier molecular flexibility index (Phi) is 7.11. The average Bonchev–Trinajstić information content (AvgIpc) is 3.70. The molecule has 12 heteroatoms. The molecule has 0 unspecified atom stereocenters. The molecular formula is C23H26N8O4. The SMILES string of the molecule is COC(C)(C)CNC(=O)c1ccncc1NC(=O)Oc1nc(C2CC2)cnc1Nc1cncnc1. The van der Waals surface area contributed by atoms with Gasteiger partial charge in [0.15, 0.2) is 5.82 Å². The summed E-state index contributed by atoms with van der Waals surface area (Å²) in [6, 6.07) is 1.50. The van der Waals surface area contributed by atoms with Crippen molar-refractivity contribution in [3.63, 3.8) is 0 Å². The van der Waals surface area contributed by atoms with Gasteiger partial charge in [0.05, 0.1) is 53.0 Å². The van der Waals surface area contributed by atoms with Gasteiger partial charge < -0.3 is 20.1 Å². The van der Waals surface area contributed by atoms with Crippen LogP contribution in [0.25, 0.3) is 0 Å². The second kappa shape index (κ2) is 10.4. The maximum atomic E-state index is 12.8. The molecule has 12 nitrogen and oxygen atoms in total. The smallest absolute Gasteiger partial charge is 0.387 e. The van der Waals surface area contributed by atoms with Gasteiger partial charge in [-0.3, -0.25) is 15.1 Å². The standard InChI is InChI=1S/C23H26N8O4/c1-23(2,34-3)12-28-20(32)16-6-7-24-10-18(16)31-22(33)35-21-19(29-15-8-25-13-26-9-15)27-11-17(30-21)14-4-5-14/h6-11,13-14H,4-5,12H2,1-3H3,(H,27,29)(H,28,32)(H,31,33). The number of methoxy groups -OCH3 is 1. The molecule has 0 radical (unpaired) electrons. The average molecular weight is 479 g/mol. The van der Waals surface area contributed by atoms with E-state index in [-0.39, 0.29) is 29.5 Å². The van der Waals surface area contributed by atoms with E-state index in [1.807, 2.05) is 13.8 Å². The Morgan fingerprint density at radius 1 is 1.11 bits per heavy atom. The molecule has 0 aromatic carbocycles. The molecule has 0 aliphatic heterocycles. The van der Waals surface area contributed by atoms with Crippen LogP contribution < -0.4 is 20.7 Å². The fourth-order valence-corrected chi connectivity index (χ4v) is 2.99. The fraction of sp³-hybridized carbons (Fsp3) is 0.348. The Labute approximate surface area is 201 Å². The highest BCUT2D eigenvalue weighted by molar-refractivity contribution is 6.02. The van der Waals surface area contributed by atoms with Crippen LogP contribution in [0.5, 0.6) is 5.88 Å². The molecule has 0 spiro atoms. The van der Waals surface area contributed by atoms with Gasteiger partial charge in [-0.1, -0.05) is 0 Å². The topological polar surface area (TPSA) is 153 Å². The van der Waals surface area contributed by atoms with Crippen molar-refractivity contribution in [1.82, 2.24) is 30.2 Å². The van der Waals surface area contributed by atoms with Gasteiger partial charge in [0.1, 0.15) is 6.33 Å². The number of rotatable bonds is 9. The van der Waals surface area contributed by atoms with Crippen molar-refractivity contribution in [3.8, 4) is 5.88 Å². The van der Waals surface area contributed by atoms with E-state index in [0.29, 0.717) is 11.6 Å². The zero-order chi connectivity index (χ0) is 24.8. The van der Waals surface area contributed by atoms with Gasteiger partial charge >= 0.3 is 6.09 Å². The summed E-state index contributed by atoms with van der Waals surface area (Å²) in [5.74, 6) is 0.125. The van der Waals surface area contributed by atoms with Gasteiger partial charge in [-0.2, -0.15) is 0 Å². The molecule has 35 heavy (non-hydrogen) atoms. The first kappa shape index (κ1) is 24.0. The lowest BCUT2D eigenvalue weighted by atomic mass is 10.1. The predicted molar refractivity (Wildman–Crippen MR) is 127 cm³/mol. The number of pyridine rings is 1. The summed E-state index contributed by atoms with van der Waals surface area (Å²) < 4.78 is 10.8. The van der Waals surface area contributed by atoms with Crippen molar-refractivity contribution < 1.29 is 19.1 Å². The molecule has 3 aromatic rings. The highest BCUT2D eigenvalue weighted by atomic mass is 16.6. The molecule has 3 heterocycles. The van der Waals surface area contributed by atoms with Crippen molar-refractivity contribution in [2.75, 3.05) is 24.3 Å². The van der Waals surface area contributed by atoms with Gasteiger partial charge in [0, 0.05) is 25.8 Å². The summed E-state index contributed by atoms with van der Waals surface area (Å²) in [5.41, 5.74) is 1.15. The number of nitrogens with one attached hydrogen (secondary N) is 3. The third-order valence-electron chi connectivity index (χ3n) is 5.30. The van der Waals surface area contributed by atoms with Crippen LogP contribution in [0.4, 0.5) is 22.0 Å². The number of aromatic nitrogens is 5. The van der Waals surface area contributed by atoms with Crippen LogP contribution in [0.3, 0.4) is 0 Å². The number of carbonyl (C=O) groups is 2. The van der Waals surface area contributed by atoms with E-state index in [9.17, 15) is 9.59 Å². The summed E-state index contributed by atoms with van der Waals surface area (Å²) in [5, 5.41) is 8.36. The minimum absolute atomic E-state index is 0.00695. The molecule has 2 amide bonds. The second-order valence-electron chi connectivity index (χ2n) is 8.56. The van der Waals surface area contributed by atoms with Crippen LogP contribution in [0, 0.1) is 0 Å². The number of nitrogens with zero attached hydrogens (tertiary/aromatic N) is 5. The predicted octanol–water partition coefficient (Wildman–Crippen LogP) is 3.05. The second-order valence-corrected chi connectivity index (χ2v) is 8.56. The van der Waals surface area contributed by atoms with Crippen LogP contribution in [-0.2, 0) is 4.74 Å². The number of anilines is 3. The first-order valence-electron chi connectivity index (χ1n) is 11.0. The molecule has 0 bridgehead atoms. The van der Waals surface area contributed by atoms with E-state index in [4.69, 9.17) is 9.47 Å². The Hall–Kier alpha value is -4.19. The molecular weight excluding hydrogens is 452 g/mol. The van der Waals surface area contributed by atoms with E-state index in [2.05, 4.69) is 40.9 Å². The van der Waals surface area contributed by atoms with Crippen LogP contribution in [0.15, 0.2) is 43.4 Å². The number of ether oxygens (including phenoxy) is 2. The zero-order valence-corrected chi connectivity index (χ0v) is 19.6. The normalized spacial score (nSPS) is 13.1. The highest BCUT2D eigenvalue weighted by Gasteiger charge is 2.27. The minimum Gasteiger partial charge on any atom is -0.387 e. The molecule has 1 aliphatic rings. The lowest BCUT2D eigenvalue weighted by molar-refractivity contribution is 0.0229. The number of amides is 2. The van der Waals surface area contributed by atoms with Crippen LogP contribution in [-0.4, -0.2) is 56.2 Å². The van der Waals surface area contributed by atoms with E-state index in [0.717, 1.165) is 18.5 Å². The largest absolute Gasteiger partial charge is 0.418 e. The molecule has 3 aromatic heterocycles. The number of hydrogen-bond donors (Lipinski definition) is 3. The van der Waals surface area contributed by atoms with Crippen molar-refractivity contribution >= 4 is 29.2 Å². The quantitative estimate of drug-likeness (QED) is 0.418. The lowest BCUT2D eigenvalue weighted by Crippen LogP contribution is -2.40. The molecule has 0 atom stereocenters. The van der Waals surface area contributed by atoms with E-state index >= 15 is 0 Å². The Balaban J connectivity index is 1.50. The van der Waals surface area contributed by atoms with Gasteiger partial charge in [-0.25, -0.2) is 24.7 Å². The zero-order valence-electron chi connectivity index (χ0n) is 19.6. The van der Waals surface area contributed by atoms with Gasteiger partial charge in [-0.05, 0) is 32.8 Å². The highest BCUT2D eigenvalue weighted by Crippen LogP contribution is 2.40. The molecule has 1 fully saturated rings. The molecule has 1 saturated carbocycles. The third-order valence-corrected chi connectivity index (χ3v) is 5.30. The van der Waals surface area contributed by atoms with E-state index in [1.165, 1.54) is 24.8 Å². The summed E-state index contributed by atoms with van der Waals surface area (Å²) in [7, 11) is 1.57. The number of carbonyl (C=O) groups excluding carboxylic acids is 2. The summed E-state index contributed by atoms with van der Waals surface area (Å²) in [4.78, 5) is 46.3. The Morgan fingerprint density at radius 3 is 2.60 bits per heavy atom. The molecule has 3 N–H and O–H groups in total. The summed E-state index contributed by atoms with van der Waals surface area (Å²) in [6.45, 7) is 3.97. The molecule has 182 valence electrons. The van der Waals surface area contributed by atoms with Gasteiger partial charge in [0.25, 0.3) is 11.8 Å². The monoisotopic (exact) mass is 478 g/mol. The van der Waals surface area contributed by atoms with Crippen molar-refractivity contribution in [2.45, 2.75) is 38.2 Å². The maximum absolute atomic E-state index is 12.8. The molecule has 0 saturated heterocycles. The maximum Gasteiger partial charge on any atom is 0.418 e. The van der Waals surface area contributed by atoms with E-state index < -0.39 is 17.6 Å². The lowest BCUT2D eigenvalue weighted by Gasteiger charge is -2.23. The van der Waals surface area contributed by atoms with Gasteiger partial charge in [-0.15, -0.1) is 0 Å².